The number of piperidine rings is 1. The summed E-state index contributed by atoms with van der Waals surface area (Å²) in [6.07, 6.45) is 1.85. The van der Waals surface area contributed by atoms with E-state index in [1.165, 1.54) is 0 Å². The Bertz CT molecular complexity index is 572. The van der Waals surface area contributed by atoms with E-state index in [-0.39, 0.29) is 18.6 Å². The fourth-order valence-corrected chi connectivity index (χ4v) is 2.92. The van der Waals surface area contributed by atoms with Gasteiger partial charge in [-0.25, -0.2) is 4.79 Å². The third-order valence-corrected chi connectivity index (χ3v) is 4.28. The standard InChI is InChI=1S/C18H29N3O3/c1-13(2)11-21-9-7-15(8-10-21)20-17(22)19-12-18(4,23)16-6-5-14(3)24-16/h5-6,15,23H,1,7-12H2,2-4H3,(H2,19,20,22)/t18-/m0/s1. The number of nitrogens with zero attached hydrogens (tertiary/aromatic N) is 1. The van der Waals surface area contributed by atoms with Gasteiger partial charge in [-0.2, -0.15) is 0 Å². The molecule has 134 valence electrons. The highest BCUT2D eigenvalue weighted by molar-refractivity contribution is 5.74. The molecule has 0 saturated carbocycles. The average molecular weight is 335 g/mol. The van der Waals surface area contributed by atoms with E-state index in [4.69, 9.17) is 4.42 Å². The number of urea groups is 1. The predicted octanol–water partition coefficient (Wildman–Crippen LogP) is 2.14. The Morgan fingerprint density at radius 3 is 2.67 bits per heavy atom. The van der Waals surface area contributed by atoms with Gasteiger partial charge in [0.2, 0.25) is 0 Å². The minimum Gasteiger partial charge on any atom is -0.463 e. The van der Waals surface area contributed by atoms with Gasteiger partial charge in [-0.3, -0.25) is 4.90 Å². The lowest BCUT2D eigenvalue weighted by Crippen LogP contribution is -2.50. The molecule has 0 aliphatic carbocycles. The lowest BCUT2D eigenvalue weighted by molar-refractivity contribution is 0.0358. The first-order chi connectivity index (χ1) is 11.3. The van der Waals surface area contributed by atoms with Crippen LogP contribution in [0.4, 0.5) is 4.79 Å². The van der Waals surface area contributed by atoms with Crippen molar-refractivity contribution in [2.24, 2.45) is 0 Å². The van der Waals surface area contributed by atoms with E-state index in [0.29, 0.717) is 5.76 Å². The van der Waals surface area contributed by atoms with Gasteiger partial charge >= 0.3 is 6.03 Å². The zero-order valence-electron chi connectivity index (χ0n) is 14.9. The third kappa shape index (κ3) is 5.39. The molecule has 1 fully saturated rings. The van der Waals surface area contributed by atoms with E-state index in [1.807, 2.05) is 13.8 Å². The zero-order chi connectivity index (χ0) is 17.7. The number of hydrogen-bond donors (Lipinski definition) is 3. The maximum atomic E-state index is 12.1. The van der Waals surface area contributed by atoms with Crippen molar-refractivity contribution >= 4 is 6.03 Å². The fourth-order valence-electron chi connectivity index (χ4n) is 2.92. The van der Waals surface area contributed by atoms with Crippen LogP contribution in [0.25, 0.3) is 0 Å². The zero-order valence-corrected chi connectivity index (χ0v) is 14.9. The van der Waals surface area contributed by atoms with E-state index in [0.717, 1.165) is 43.8 Å². The molecule has 1 aliphatic rings. The van der Waals surface area contributed by atoms with Crippen molar-refractivity contribution in [3.8, 4) is 0 Å². The first-order valence-corrected chi connectivity index (χ1v) is 8.46. The number of amides is 2. The molecule has 1 saturated heterocycles. The molecule has 2 rings (SSSR count). The quantitative estimate of drug-likeness (QED) is 0.696. The first-order valence-electron chi connectivity index (χ1n) is 8.46. The van der Waals surface area contributed by atoms with Crippen molar-refractivity contribution in [2.75, 3.05) is 26.2 Å². The van der Waals surface area contributed by atoms with Crippen molar-refractivity contribution in [2.45, 2.75) is 45.3 Å². The van der Waals surface area contributed by atoms with Crippen molar-refractivity contribution in [3.05, 3.63) is 35.8 Å². The van der Waals surface area contributed by atoms with E-state index < -0.39 is 5.60 Å². The Morgan fingerprint density at radius 2 is 2.12 bits per heavy atom. The number of furan rings is 1. The van der Waals surface area contributed by atoms with Gasteiger partial charge < -0.3 is 20.2 Å². The summed E-state index contributed by atoms with van der Waals surface area (Å²) in [6.45, 7) is 12.4. The van der Waals surface area contributed by atoms with Crippen LogP contribution in [0.2, 0.25) is 0 Å². The molecule has 1 aromatic heterocycles. The van der Waals surface area contributed by atoms with Crippen LogP contribution < -0.4 is 10.6 Å². The van der Waals surface area contributed by atoms with Gasteiger partial charge in [0.1, 0.15) is 17.1 Å². The Kier molecular flexibility index (Phi) is 6.07. The largest absolute Gasteiger partial charge is 0.463 e. The minimum atomic E-state index is -1.23. The van der Waals surface area contributed by atoms with Crippen LogP contribution in [-0.2, 0) is 5.60 Å². The molecule has 24 heavy (non-hydrogen) atoms. The maximum absolute atomic E-state index is 12.1. The van der Waals surface area contributed by atoms with E-state index in [2.05, 4.69) is 22.1 Å². The summed E-state index contributed by atoms with van der Waals surface area (Å²) in [6, 6.07) is 3.44. The van der Waals surface area contributed by atoms with Crippen LogP contribution in [0.1, 0.15) is 38.2 Å². The molecule has 6 nitrogen and oxygen atoms in total. The number of carbonyl (C=O) groups excluding carboxylic acids is 1. The van der Waals surface area contributed by atoms with Gasteiger partial charge in [0.25, 0.3) is 0 Å². The number of nitrogens with one attached hydrogen (secondary N) is 2. The summed E-state index contributed by atoms with van der Waals surface area (Å²) in [5.74, 6) is 1.18. The highest BCUT2D eigenvalue weighted by Crippen LogP contribution is 2.21. The molecule has 2 heterocycles. The van der Waals surface area contributed by atoms with Crippen LogP contribution in [0.15, 0.2) is 28.7 Å². The average Bonchev–Trinajstić information content (AvgIpc) is 2.94. The highest BCUT2D eigenvalue weighted by atomic mass is 16.4. The molecule has 1 atom stereocenters. The first kappa shape index (κ1) is 18.5. The second-order valence-corrected chi connectivity index (χ2v) is 7.02. The number of rotatable bonds is 6. The minimum absolute atomic E-state index is 0.0975. The lowest BCUT2D eigenvalue weighted by Gasteiger charge is -2.32. The topological polar surface area (TPSA) is 77.7 Å². The Morgan fingerprint density at radius 1 is 1.46 bits per heavy atom. The SMILES string of the molecule is C=C(C)CN1CCC(NC(=O)NC[C@](C)(O)c2ccc(C)o2)CC1. The molecule has 2 amide bonds. The number of aryl methyl sites for hydroxylation is 1. The smallest absolute Gasteiger partial charge is 0.315 e. The normalized spacial score (nSPS) is 18.8. The summed E-state index contributed by atoms with van der Waals surface area (Å²) >= 11 is 0. The molecular formula is C18H29N3O3. The summed E-state index contributed by atoms with van der Waals surface area (Å²) < 4.78 is 5.44. The second kappa shape index (κ2) is 7.85. The molecule has 0 aromatic carbocycles. The Balaban J connectivity index is 1.73. The highest BCUT2D eigenvalue weighted by Gasteiger charge is 2.28. The van der Waals surface area contributed by atoms with Crippen molar-refractivity contribution in [3.63, 3.8) is 0 Å². The molecule has 3 N–H and O–H groups in total. The van der Waals surface area contributed by atoms with E-state index >= 15 is 0 Å². The second-order valence-electron chi connectivity index (χ2n) is 7.02. The van der Waals surface area contributed by atoms with Gasteiger partial charge in [0, 0.05) is 25.7 Å². The van der Waals surface area contributed by atoms with E-state index in [1.54, 1.807) is 19.1 Å². The van der Waals surface area contributed by atoms with Gasteiger partial charge in [0.15, 0.2) is 0 Å². The maximum Gasteiger partial charge on any atom is 0.315 e. The monoisotopic (exact) mass is 335 g/mol. The molecule has 1 aromatic rings. The molecule has 0 unspecified atom stereocenters. The van der Waals surface area contributed by atoms with Gasteiger partial charge in [-0.1, -0.05) is 12.2 Å². The van der Waals surface area contributed by atoms with Gasteiger partial charge in [-0.05, 0) is 45.7 Å². The van der Waals surface area contributed by atoms with E-state index in [9.17, 15) is 9.90 Å². The van der Waals surface area contributed by atoms with Crippen molar-refractivity contribution < 1.29 is 14.3 Å². The van der Waals surface area contributed by atoms with Crippen LogP contribution in [0, 0.1) is 6.92 Å². The molecule has 1 aliphatic heterocycles. The Labute approximate surface area is 143 Å². The Hall–Kier alpha value is -1.79. The molecule has 0 radical (unpaired) electrons. The van der Waals surface area contributed by atoms with Crippen LogP contribution in [0.5, 0.6) is 0 Å². The number of hydrogen-bond acceptors (Lipinski definition) is 4. The summed E-state index contributed by atoms with van der Waals surface area (Å²) in [4.78, 5) is 14.4. The summed E-state index contributed by atoms with van der Waals surface area (Å²) in [5.41, 5.74) is -0.0641. The summed E-state index contributed by atoms with van der Waals surface area (Å²) in [7, 11) is 0. The van der Waals surface area contributed by atoms with Crippen molar-refractivity contribution in [1.29, 1.82) is 0 Å². The lowest BCUT2D eigenvalue weighted by atomic mass is 10.0. The molecule has 0 bridgehead atoms. The van der Waals surface area contributed by atoms with Crippen LogP contribution in [-0.4, -0.2) is 48.3 Å². The van der Waals surface area contributed by atoms with Crippen molar-refractivity contribution in [1.82, 2.24) is 15.5 Å². The summed E-state index contributed by atoms with van der Waals surface area (Å²) in [5, 5.41) is 16.1. The van der Waals surface area contributed by atoms with Gasteiger partial charge in [0.05, 0.1) is 6.54 Å². The molecule has 0 spiro atoms. The number of carbonyl (C=O) groups is 1. The molecule has 6 heteroatoms. The molecular weight excluding hydrogens is 306 g/mol. The third-order valence-electron chi connectivity index (χ3n) is 4.28. The van der Waals surface area contributed by atoms with Crippen LogP contribution in [0.3, 0.4) is 0 Å². The number of aliphatic hydroxyl groups is 1. The fraction of sp³-hybridized carbons (Fsp3) is 0.611. The van der Waals surface area contributed by atoms with Gasteiger partial charge in [-0.15, -0.1) is 0 Å². The van der Waals surface area contributed by atoms with Crippen LogP contribution >= 0.6 is 0 Å². The predicted molar refractivity (Wildman–Crippen MR) is 93.8 cm³/mol. The number of likely N-dealkylation sites (tertiary alicyclic amines) is 1.